The molecular weight excluding hydrogens is 376 g/mol. The first-order chi connectivity index (χ1) is 9.08. The maximum Gasteiger partial charge on any atom is 0.238 e. The highest BCUT2D eigenvalue weighted by Crippen LogP contribution is 2.26. The van der Waals surface area contributed by atoms with Gasteiger partial charge in [0.25, 0.3) is 0 Å². The Hall–Kier alpha value is -0.430. The van der Waals surface area contributed by atoms with E-state index in [-0.39, 0.29) is 12.5 Å². The van der Waals surface area contributed by atoms with E-state index in [9.17, 15) is 4.79 Å². The normalized spacial score (nSPS) is 19.6. The van der Waals surface area contributed by atoms with E-state index in [0.29, 0.717) is 12.5 Å². The number of benzene rings is 1. The maximum absolute atomic E-state index is 12.0. The van der Waals surface area contributed by atoms with Gasteiger partial charge in [0.05, 0.1) is 12.2 Å². The Morgan fingerprint density at radius 1 is 1.47 bits per heavy atom. The molecule has 1 aromatic carbocycles. The minimum Gasteiger partial charge on any atom is -0.396 e. The molecule has 1 unspecified atom stereocenters. The molecule has 2 rings (SSSR count). The van der Waals surface area contributed by atoms with Gasteiger partial charge >= 0.3 is 0 Å². The molecule has 104 valence electrons. The SMILES string of the molecule is O=C(CN1CCC(CO)C1)Nc1ccc(Br)cc1Br. The predicted octanol–water partition coefficient (Wildman–Crippen LogP) is 2.46. The molecule has 1 aliphatic rings. The monoisotopic (exact) mass is 390 g/mol. The van der Waals surface area contributed by atoms with Crippen molar-refractivity contribution >= 4 is 43.5 Å². The number of aliphatic hydroxyl groups is 1. The van der Waals surface area contributed by atoms with Gasteiger partial charge in [0, 0.05) is 22.1 Å². The van der Waals surface area contributed by atoms with Gasteiger partial charge in [0.2, 0.25) is 5.91 Å². The summed E-state index contributed by atoms with van der Waals surface area (Å²) in [4.78, 5) is 14.0. The highest BCUT2D eigenvalue weighted by Gasteiger charge is 2.23. The molecular formula is C13H16Br2N2O2. The summed E-state index contributed by atoms with van der Waals surface area (Å²) in [5.41, 5.74) is 0.770. The number of anilines is 1. The zero-order valence-electron chi connectivity index (χ0n) is 10.4. The maximum atomic E-state index is 12.0. The first-order valence-electron chi connectivity index (χ1n) is 6.16. The first kappa shape index (κ1) is 15.0. The lowest BCUT2D eigenvalue weighted by molar-refractivity contribution is -0.117. The summed E-state index contributed by atoms with van der Waals surface area (Å²) in [5, 5.41) is 12.0. The number of hydrogen-bond acceptors (Lipinski definition) is 3. The molecule has 1 aliphatic heterocycles. The highest BCUT2D eigenvalue weighted by molar-refractivity contribution is 9.11. The van der Waals surface area contributed by atoms with Crippen LogP contribution in [0.2, 0.25) is 0 Å². The molecule has 1 aromatic rings. The zero-order valence-corrected chi connectivity index (χ0v) is 13.6. The molecule has 6 heteroatoms. The minimum atomic E-state index is -0.0263. The third kappa shape index (κ3) is 4.27. The number of amides is 1. The van der Waals surface area contributed by atoms with E-state index in [1.807, 2.05) is 18.2 Å². The number of nitrogens with one attached hydrogen (secondary N) is 1. The van der Waals surface area contributed by atoms with Crippen molar-refractivity contribution in [1.82, 2.24) is 4.90 Å². The van der Waals surface area contributed by atoms with Crippen LogP contribution in [0.3, 0.4) is 0 Å². The standard InChI is InChI=1S/C13H16Br2N2O2/c14-10-1-2-12(11(15)5-10)16-13(19)7-17-4-3-9(6-17)8-18/h1-2,5,9,18H,3-4,6-8H2,(H,16,19). The molecule has 0 spiro atoms. The van der Waals surface area contributed by atoms with Crippen molar-refractivity contribution in [1.29, 1.82) is 0 Å². The lowest BCUT2D eigenvalue weighted by atomic mass is 10.1. The Morgan fingerprint density at radius 3 is 2.89 bits per heavy atom. The zero-order chi connectivity index (χ0) is 13.8. The summed E-state index contributed by atoms with van der Waals surface area (Å²) in [6, 6.07) is 5.64. The fourth-order valence-electron chi connectivity index (χ4n) is 2.19. The van der Waals surface area contributed by atoms with Crippen LogP contribution in [-0.4, -0.2) is 42.2 Å². The Balaban J connectivity index is 1.87. The summed E-state index contributed by atoms with van der Waals surface area (Å²) in [6.45, 7) is 2.25. The van der Waals surface area contributed by atoms with Gasteiger partial charge in [0.15, 0.2) is 0 Å². The van der Waals surface area contributed by atoms with Crippen LogP contribution in [0.15, 0.2) is 27.1 Å². The molecule has 1 heterocycles. The van der Waals surface area contributed by atoms with E-state index in [0.717, 1.165) is 34.1 Å². The molecule has 4 nitrogen and oxygen atoms in total. The van der Waals surface area contributed by atoms with Crippen LogP contribution in [0.5, 0.6) is 0 Å². The molecule has 0 saturated carbocycles. The van der Waals surface area contributed by atoms with Crippen LogP contribution in [0, 0.1) is 5.92 Å². The second-order valence-corrected chi connectivity index (χ2v) is 6.51. The van der Waals surface area contributed by atoms with Gasteiger partial charge < -0.3 is 10.4 Å². The number of nitrogens with zero attached hydrogens (tertiary/aromatic N) is 1. The van der Waals surface area contributed by atoms with Crippen molar-refractivity contribution in [2.75, 3.05) is 31.6 Å². The van der Waals surface area contributed by atoms with Gasteiger partial charge in [-0.05, 0) is 53.0 Å². The molecule has 0 aromatic heterocycles. The molecule has 0 radical (unpaired) electrons. The molecule has 1 fully saturated rings. The van der Waals surface area contributed by atoms with E-state index in [4.69, 9.17) is 5.11 Å². The topological polar surface area (TPSA) is 52.6 Å². The third-order valence-corrected chi connectivity index (χ3v) is 4.35. The van der Waals surface area contributed by atoms with Gasteiger partial charge in [-0.15, -0.1) is 0 Å². The van der Waals surface area contributed by atoms with Crippen molar-refractivity contribution in [2.45, 2.75) is 6.42 Å². The molecule has 19 heavy (non-hydrogen) atoms. The molecule has 2 N–H and O–H groups in total. The van der Waals surface area contributed by atoms with Crippen molar-refractivity contribution in [3.8, 4) is 0 Å². The number of hydrogen-bond donors (Lipinski definition) is 2. The minimum absolute atomic E-state index is 0.0263. The van der Waals surface area contributed by atoms with Crippen molar-refractivity contribution < 1.29 is 9.90 Å². The molecule has 1 atom stereocenters. The second-order valence-electron chi connectivity index (χ2n) is 4.74. The van der Waals surface area contributed by atoms with Crippen LogP contribution in [0.1, 0.15) is 6.42 Å². The Morgan fingerprint density at radius 2 is 2.26 bits per heavy atom. The predicted molar refractivity (Wildman–Crippen MR) is 82.1 cm³/mol. The summed E-state index contributed by atoms with van der Waals surface area (Å²) in [6.07, 6.45) is 0.964. The van der Waals surface area contributed by atoms with E-state index >= 15 is 0 Å². The van der Waals surface area contributed by atoms with Gasteiger partial charge in [0.1, 0.15) is 0 Å². The number of carbonyl (C=O) groups excluding carboxylic acids is 1. The average molecular weight is 392 g/mol. The first-order valence-corrected chi connectivity index (χ1v) is 7.75. The molecule has 0 bridgehead atoms. The number of rotatable bonds is 4. The summed E-state index contributed by atoms with van der Waals surface area (Å²) < 4.78 is 1.81. The highest BCUT2D eigenvalue weighted by atomic mass is 79.9. The Bertz CT molecular complexity index is 468. The van der Waals surface area contributed by atoms with E-state index in [2.05, 4.69) is 42.1 Å². The number of carbonyl (C=O) groups is 1. The van der Waals surface area contributed by atoms with Crippen molar-refractivity contribution in [2.24, 2.45) is 5.92 Å². The third-order valence-electron chi connectivity index (χ3n) is 3.20. The largest absolute Gasteiger partial charge is 0.396 e. The lowest BCUT2D eigenvalue weighted by Gasteiger charge is -2.15. The van der Waals surface area contributed by atoms with Gasteiger partial charge in [-0.2, -0.15) is 0 Å². The van der Waals surface area contributed by atoms with Crippen LogP contribution in [-0.2, 0) is 4.79 Å². The quantitative estimate of drug-likeness (QED) is 0.828. The van der Waals surface area contributed by atoms with Crippen LogP contribution >= 0.6 is 31.9 Å². The Labute approximate surface area is 129 Å². The summed E-state index contributed by atoms with van der Waals surface area (Å²) >= 11 is 6.79. The van der Waals surface area contributed by atoms with E-state index in [1.54, 1.807) is 0 Å². The fraction of sp³-hybridized carbons (Fsp3) is 0.462. The molecule has 0 aliphatic carbocycles. The average Bonchev–Trinajstić information content (AvgIpc) is 2.80. The van der Waals surface area contributed by atoms with E-state index < -0.39 is 0 Å². The van der Waals surface area contributed by atoms with Crippen LogP contribution in [0.4, 0.5) is 5.69 Å². The second kappa shape index (κ2) is 6.83. The van der Waals surface area contributed by atoms with Crippen LogP contribution < -0.4 is 5.32 Å². The summed E-state index contributed by atoms with van der Waals surface area (Å²) in [5.74, 6) is 0.286. The lowest BCUT2D eigenvalue weighted by Crippen LogP contribution is -2.32. The summed E-state index contributed by atoms with van der Waals surface area (Å²) in [7, 11) is 0. The van der Waals surface area contributed by atoms with E-state index in [1.165, 1.54) is 0 Å². The van der Waals surface area contributed by atoms with Crippen molar-refractivity contribution in [3.63, 3.8) is 0 Å². The van der Waals surface area contributed by atoms with Crippen molar-refractivity contribution in [3.05, 3.63) is 27.1 Å². The number of halogens is 2. The fourth-order valence-corrected chi connectivity index (χ4v) is 3.34. The molecule has 1 saturated heterocycles. The molecule has 1 amide bonds. The smallest absolute Gasteiger partial charge is 0.238 e. The van der Waals surface area contributed by atoms with Gasteiger partial charge in [-0.1, -0.05) is 15.9 Å². The number of likely N-dealkylation sites (tertiary alicyclic amines) is 1. The Kier molecular flexibility index (Phi) is 5.38. The van der Waals surface area contributed by atoms with Gasteiger partial charge in [-0.25, -0.2) is 0 Å². The van der Waals surface area contributed by atoms with Crippen LogP contribution in [0.25, 0.3) is 0 Å². The number of aliphatic hydroxyl groups excluding tert-OH is 1. The van der Waals surface area contributed by atoms with Gasteiger partial charge in [-0.3, -0.25) is 9.69 Å².